The number of thiophene rings is 1. The van der Waals surface area contributed by atoms with E-state index in [1.165, 1.54) is 6.08 Å². The molecule has 0 aliphatic rings. The average molecular weight is 282 g/mol. The smallest absolute Gasteiger partial charge is 0.244 e. The highest BCUT2D eigenvalue weighted by Crippen LogP contribution is 2.09. The highest BCUT2D eigenvalue weighted by atomic mass is 32.1. The van der Waals surface area contributed by atoms with Crippen LogP contribution in [0.3, 0.4) is 0 Å². The number of carbonyl (C=O) groups excluding carboxylic acids is 2. The van der Waals surface area contributed by atoms with Crippen LogP contribution in [0, 0.1) is 0 Å². The zero-order valence-corrected chi connectivity index (χ0v) is 11.4. The van der Waals surface area contributed by atoms with Gasteiger partial charge in [0.25, 0.3) is 0 Å². The summed E-state index contributed by atoms with van der Waals surface area (Å²) >= 11 is 1.58. The van der Waals surface area contributed by atoms with Crippen molar-refractivity contribution in [1.82, 2.24) is 10.8 Å². The van der Waals surface area contributed by atoms with Crippen LogP contribution < -0.4 is 10.8 Å². The van der Waals surface area contributed by atoms with Crippen molar-refractivity contribution in [2.75, 3.05) is 6.54 Å². The maximum absolute atomic E-state index is 11.4. The van der Waals surface area contributed by atoms with E-state index < -0.39 is 0 Å². The monoisotopic (exact) mass is 282 g/mol. The summed E-state index contributed by atoms with van der Waals surface area (Å²) in [5.41, 5.74) is 1.59. The van der Waals surface area contributed by atoms with Gasteiger partial charge in [-0.25, -0.2) is 5.48 Å². The Labute approximate surface area is 116 Å². The molecule has 0 bridgehead atoms. The maximum atomic E-state index is 11.4. The second-order valence-electron chi connectivity index (χ2n) is 3.99. The lowest BCUT2D eigenvalue weighted by atomic mass is 10.2. The second-order valence-corrected chi connectivity index (χ2v) is 4.96. The normalized spacial score (nSPS) is 10.6. The predicted octanol–water partition coefficient (Wildman–Crippen LogP) is 1.94. The van der Waals surface area contributed by atoms with E-state index in [-0.39, 0.29) is 11.8 Å². The van der Waals surface area contributed by atoms with Crippen LogP contribution >= 0.6 is 11.3 Å². The second kappa shape index (κ2) is 9.29. The molecule has 0 aliphatic carbocycles. The molecule has 0 saturated heterocycles. The number of unbranched alkanes of at least 4 members (excludes halogenated alkanes) is 2. The van der Waals surface area contributed by atoms with Gasteiger partial charge in [-0.15, -0.1) is 11.3 Å². The number of hydrogen-bond donors (Lipinski definition) is 3. The number of nitrogens with one attached hydrogen (secondary N) is 2. The van der Waals surface area contributed by atoms with Crippen LogP contribution in [0.25, 0.3) is 6.08 Å². The predicted molar refractivity (Wildman–Crippen MR) is 74.8 cm³/mol. The highest BCUT2D eigenvalue weighted by molar-refractivity contribution is 7.10. The van der Waals surface area contributed by atoms with Crippen LogP contribution in [0.2, 0.25) is 0 Å². The quantitative estimate of drug-likeness (QED) is 0.295. The van der Waals surface area contributed by atoms with Gasteiger partial charge in [-0.05, 0) is 30.4 Å². The number of amides is 2. The molecule has 0 atom stereocenters. The Kier molecular flexibility index (Phi) is 7.53. The van der Waals surface area contributed by atoms with E-state index in [1.807, 2.05) is 17.5 Å². The van der Waals surface area contributed by atoms with E-state index in [0.717, 1.165) is 17.7 Å². The topological polar surface area (TPSA) is 78.4 Å². The molecule has 5 nitrogen and oxygen atoms in total. The van der Waals surface area contributed by atoms with Gasteiger partial charge in [0.1, 0.15) is 0 Å². The van der Waals surface area contributed by atoms with Gasteiger partial charge in [-0.3, -0.25) is 14.8 Å². The van der Waals surface area contributed by atoms with Gasteiger partial charge in [0.15, 0.2) is 0 Å². The zero-order chi connectivity index (χ0) is 13.9. The Balaban J connectivity index is 2.03. The molecule has 1 aromatic heterocycles. The molecule has 0 unspecified atom stereocenters. The third-order valence-corrected chi connectivity index (χ3v) is 3.28. The number of carbonyl (C=O) groups is 2. The molecule has 0 saturated carbocycles. The van der Waals surface area contributed by atoms with Crippen LogP contribution in [-0.2, 0) is 9.59 Å². The fourth-order valence-corrected chi connectivity index (χ4v) is 2.08. The minimum Gasteiger partial charge on any atom is -0.353 e. The first-order valence-corrected chi connectivity index (χ1v) is 7.02. The first-order valence-electron chi connectivity index (χ1n) is 6.14. The summed E-state index contributed by atoms with van der Waals surface area (Å²) in [6, 6.07) is 3.88. The van der Waals surface area contributed by atoms with Crippen LogP contribution in [0.5, 0.6) is 0 Å². The SMILES string of the molecule is O=C(/C=C/c1cccs1)NCCCCCC(=O)NO. The van der Waals surface area contributed by atoms with Crippen LogP contribution in [0.15, 0.2) is 23.6 Å². The first kappa shape index (κ1) is 15.4. The molecular weight excluding hydrogens is 264 g/mol. The van der Waals surface area contributed by atoms with E-state index in [1.54, 1.807) is 22.9 Å². The number of hydroxylamine groups is 1. The van der Waals surface area contributed by atoms with Gasteiger partial charge in [0.2, 0.25) is 11.8 Å². The molecular formula is C13H18N2O3S. The fraction of sp³-hybridized carbons (Fsp3) is 0.385. The Bertz CT molecular complexity index is 416. The van der Waals surface area contributed by atoms with Crippen molar-refractivity contribution >= 4 is 29.2 Å². The van der Waals surface area contributed by atoms with Gasteiger partial charge in [-0.2, -0.15) is 0 Å². The van der Waals surface area contributed by atoms with Crippen molar-refractivity contribution in [2.45, 2.75) is 25.7 Å². The van der Waals surface area contributed by atoms with Crippen molar-refractivity contribution in [3.05, 3.63) is 28.5 Å². The minimum absolute atomic E-state index is 0.110. The molecule has 0 fully saturated rings. The van der Waals surface area contributed by atoms with Gasteiger partial charge in [-0.1, -0.05) is 12.5 Å². The fourth-order valence-electron chi connectivity index (χ4n) is 1.46. The molecule has 19 heavy (non-hydrogen) atoms. The van der Waals surface area contributed by atoms with Crippen molar-refractivity contribution in [2.24, 2.45) is 0 Å². The molecule has 1 aromatic rings. The molecule has 2 amide bonds. The molecule has 0 aromatic carbocycles. The minimum atomic E-state index is -0.372. The molecule has 3 N–H and O–H groups in total. The first-order chi connectivity index (χ1) is 9.22. The summed E-state index contributed by atoms with van der Waals surface area (Å²) in [6.45, 7) is 0.592. The summed E-state index contributed by atoms with van der Waals surface area (Å²) < 4.78 is 0. The van der Waals surface area contributed by atoms with Gasteiger partial charge in [0, 0.05) is 23.9 Å². The summed E-state index contributed by atoms with van der Waals surface area (Å²) in [5, 5.41) is 13.0. The lowest BCUT2D eigenvalue weighted by Gasteiger charge is -2.02. The van der Waals surface area contributed by atoms with Gasteiger partial charge in [0.05, 0.1) is 0 Å². The summed E-state index contributed by atoms with van der Waals surface area (Å²) in [6.07, 6.45) is 5.96. The average Bonchev–Trinajstić information content (AvgIpc) is 2.93. The maximum Gasteiger partial charge on any atom is 0.244 e. The van der Waals surface area contributed by atoms with Crippen molar-refractivity contribution in [3.8, 4) is 0 Å². The lowest BCUT2D eigenvalue weighted by Crippen LogP contribution is -2.22. The molecule has 104 valence electrons. The highest BCUT2D eigenvalue weighted by Gasteiger charge is 1.99. The molecule has 1 rings (SSSR count). The van der Waals surface area contributed by atoms with E-state index in [2.05, 4.69) is 5.32 Å². The summed E-state index contributed by atoms with van der Waals surface area (Å²) in [5.74, 6) is -0.482. The molecule has 1 heterocycles. The Morgan fingerprint density at radius 3 is 2.84 bits per heavy atom. The Morgan fingerprint density at radius 2 is 2.16 bits per heavy atom. The largest absolute Gasteiger partial charge is 0.353 e. The zero-order valence-electron chi connectivity index (χ0n) is 10.6. The third kappa shape index (κ3) is 7.38. The molecule has 0 aliphatic heterocycles. The number of hydrogen-bond acceptors (Lipinski definition) is 4. The molecule has 6 heteroatoms. The Morgan fingerprint density at radius 1 is 1.32 bits per heavy atom. The van der Waals surface area contributed by atoms with Gasteiger partial charge >= 0.3 is 0 Å². The van der Waals surface area contributed by atoms with Crippen molar-refractivity contribution < 1.29 is 14.8 Å². The van der Waals surface area contributed by atoms with E-state index in [9.17, 15) is 9.59 Å². The van der Waals surface area contributed by atoms with Crippen molar-refractivity contribution in [3.63, 3.8) is 0 Å². The number of rotatable bonds is 8. The van der Waals surface area contributed by atoms with Crippen LogP contribution in [0.4, 0.5) is 0 Å². The standard InChI is InChI=1S/C13H18N2O3S/c16-12(8-7-11-5-4-10-19-11)14-9-3-1-2-6-13(17)15-18/h4-5,7-8,10,18H,1-3,6,9H2,(H,14,16)(H,15,17)/b8-7+. The summed E-state index contributed by atoms with van der Waals surface area (Å²) in [7, 11) is 0. The van der Waals surface area contributed by atoms with Crippen LogP contribution in [0.1, 0.15) is 30.6 Å². The molecule has 0 spiro atoms. The lowest BCUT2D eigenvalue weighted by molar-refractivity contribution is -0.129. The van der Waals surface area contributed by atoms with E-state index in [4.69, 9.17) is 5.21 Å². The summed E-state index contributed by atoms with van der Waals surface area (Å²) in [4.78, 5) is 23.2. The molecule has 0 radical (unpaired) electrons. The van der Waals surface area contributed by atoms with Crippen molar-refractivity contribution in [1.29, 1.82) is 0 Å². The van der Waals surface area contributed by atoms with E-state index >= 15 is 0 Å². The third-order valence-electron chi connectivity index (χ3n) is 2.45. The van der Waals surface area contributed by atoms with E-state index in [0.29, 0.717) is 19.4 Å². The van der Waals surface area contributed by atoms with Crippen LogP contribution in [-0.4, -0.2) is 23.6 Å². The Hall–Kier alpha value is -1.66. The van der Waals surface area contributed by atoms with Gasteiger partial charge < -0.3 is 5.32 Å².